The number of ether oxygens (including phenoxy) is 1. The Labute approximate surface area is 185 Å². The smallest absolute Gasteiger partial charge is 0.244 e. The highest BCUT2D eigenvalue weighted by Gasteiger charge is 2.31. The van der Waals surface area contributed by atoms with E-state index < -0.39 is 16.1 Å². The van der Waals surface area contributed by atoms with Crippen molar-refractivity contribution in [2.45, 2.75) is 32.5 Å². The van der Waals surface area contributed by atoms with E-state index in [4.69, 9.17) is 4.74 Å². The standard InChI is InChI=1S/C23H31N3O4S/c1-3-22(26(31(2,28)29)21-7-5-4-6-8-21)23(27)24-17-19-9-11-20(12-10-19)18-25-13-15-30-16-14-25/h4-12,22H,3,13-18H2,1-2H3,(H,24,27). The first-order valence-electron chi connectivity index (χ1n) is 10.6. The van der Waals surface area contributed by atoms with E-state index >= 15 is 0 Å². The third-order valence-electron chi connectivity index (χ3n) is 5.34. The van der Waals surface area contributed by atoms with E-state index in [0.717, 1.165) is 44.7 Å². The van der Waals surface area contributed by atoms with Crippen molar-refractivity contribution in [3.63, 3.8) is 0 Å². The Balaban J connectivity index is 1.62. The van der Waals surface area contributed by atoms with E-state index in [-0.39, 0.29) is 5.91 Å². The quantitative estimate of drug-likeness (QED) is 0.641. The number of sulfonamides is 1. The van der Waals surface area contributed by atoms with Crippen molar-refractivity contribution in [3.05, 3.63) is 65.7 Å². The number of rotatable bonds is 9. The fourth-order valence-corrected chi connectivity index (χ4v) is 4.93. The molecule has 8 heteroatoms. The highest BCUT2D eigenvalue weighted by atomic mass is 32.2. The molecule has 3 rings (SSSR count). The van der Waals surface area contributed by atoms with Crippen LogP contribution in [0.3, 0.4) is 0 Å². The molecule has 2 aromatic rings. The van der Waals surface area contributed by atoms with Crippen molar-refractivity contribution < 1.29 is 17.9 Å². The van der Waals surface area contributed by atoms with E-state index in [2.05, 4.69) is 22.3 Å². The summed E-state index contributed by atoms with van der Waals surface area (Å²) in [5.41, 5.74) is 2.68. The lowest BCUT2D eigenvalue weighted by molar-refractivity contribution is -0.122. The van der Waals surface area contributed by atoms with Gasteiger partial charge >= 0.3 is 0 Å². The average Bonchev–Trinajstić information content (AvgIpc) is 2.77. The Bertz CT molecular complexity index is 943. The molecule has 0 spiro atoms. The number of carbonyl (C=O) groups excluding carboxylic acids is 1. The lowest BCUT2D eigenvalue weighted by Gasteiger charge is -2.30. The molecule has 1 N–H and O–H groups in total. The van der Waals surface area contributed by atoms with Crippen LogP contribution < -0.4 is 9.62 Å². The number of morpholine rings is 1. The van der Waals surface area contributed by atoms with Crippen molar-refractivity contribution >= 4 is 21.6 Å². The third-order valence-corrected chi connectivity index (χ3v) is 6.52. The fraction of sp³-hybridized carbons (Fsp3) is 0.435. The van der Waals surface area contributed by atoms with Crippen molar-refractivity contribution in [2.24, 2.45) is 0 Å². The number of carbonyl (C=O) groups is 1. The maximum atomic E-state index is 12.9. The Morgan fingerprint density at radius 2 is 1.68 bits per heavy atom. The first-order valence-corrected chi connectivity index (χ1v) is 12.4. The summed E-state index contributed by atoms with van der Waals surface area (Å²) in [6.07, 6.45) is 1.50. The minimum atomic E-state index is -3.62. The van der Waals surface area contributed by atoms with Crippen molar-refractivity contribution in [1.82, 2.24) is 10.2 Å². The Morgan fingerprint density at radius 1 is 1.06 bits per heavy atom. The Hall–Kier alpha value is -2.42. The van der Waals surface area contributed by atoms with E-state index in [1.165, 1.54) is 9.87 Å². The van der Waals surface area contributed by atoms with Gasteiger partial charge in [0.05, 0.1) is 25.2 Å². The second-order valence-electron chi connectivity index (χ2n) is 7.74. The predicted octanol–water partition coefficient (Wildman–Crippen LogP) is 2.38. The Morgan fingerprint density at radius 3 is 2.26 bits per heavy atom. The number of benzene rings is 2. The van der Waals surface area contributed by atoms with Crippen LogP contribution in [0.1, 0.15) is 24.5 Å². The number of anilines is 1. The molecule has 0 aliphatic carbocycles. The highest BCUT2D eigenvalue weighted by molar-refractivity contribution is 7.92. The molecule has 0 bridgehead atoms. The van der Waals surface area contributed by atoms with E-state index in [1.54, 1.807) is 24.3 Å². The van der Waals surface area contributed by atoms with Crippen LogP contribution in [0.15, 0.2) is 54.6 Å². The summed E-state index contributed by atoms with van der Waals surface area (Å²) in [7, 11) is -3.62. The molecule has 0 radical (unpaired) electrons. The maximum Gasteiger partial charge on any atom is 0.244 e. The minimum Gasteiger partial charge on any atom is -0.379 e. The van der Waals surface area contributed by atoms with Crippen LogP contribution in [0.4, 0.5) is 5.69 Å². The molecule has 1 saturated heterocycles. The second-order valence-corrected chi connectivity index (χ2v) is 9.60. The van der Waals surface area contributed by atoms with Gasteiger partial charge in [-0.25, -0.2) is 8.42 Å². The number of amides is 1. The van der Waals surface area contributed by atoms with Gasteiger partial charge in [-0.3, -0.25) is 14.0 Å². The molecule has 1 fully saturated rings. The molecular formula is C23H31N3O4S. The summed E-state index contributed by atoms with van der Waals surface area (Å²) in [6.45, 7) is 6.47. The topological polar surface area (TPSA) is 79.0 Å². The van der Waals surface area contributed by atoms with Gasteiger partial charge < -0.3 is 10.1 Å². The van der Waals surface area contributed by atoms with E-state index in [1.807, 2.05) is 25.1 Å². The van der Waals surface area contributed by atoms with Crippen LogP contribution in [0.2, 0.25) is 0 Å². The minimum absolute atomic E-state index is 0.311. The lowest BCUT2D eigenvalue weighted by atomic mass is 10.1. The summed E-state index contributed by atoms with van der Waals surface area (Å²) in [6, 6.07) is 16.1. The average molecular weight is 446 g/mol. The first-order chi connectivity index (χ1) is 14.9. The van der Waals surface area contributed by atoms with Gasteiger partial charge in [0.25, 0.3) is 0 Å². The molecule has 31 heavy (non-hydrogen) atoms. The highest BCUT2D eigenvalue weighted by Crippen LogP contribution is 2.22. The number of nitrogens with one attached hydrogen (secondary N) is 1. The molecular weight excluding hydrogens is 414 g/mol. The van der Waals surface area contributed by atoms with Gasteiger partial charge in [-0.05, 0) is 29.7 Å². The SMILES string of the molecule is CCC(C(=O)NCc1ccc(CN2CCOCC2)cc1)N(c1ccccc1)S(C)(=O)=O. The summed E-state index contributed by atoms with van der Waals surface area (Å²) in [4.78, 5) is 15.3. The molecule has 1 atom stereocenters. The lowest BCUT2D eigenvalue weighted by Crippen LogP contribution is -2.49. The van der Waals surface area contributed by atoms with Crippen LogP contribution in [0, 0.1) is 0 Å². The zero-order valence-corrected chi connectivity index (χ0v) is 19.0. The van der Waals surface area contributed by atoms with Gasteiger partial charge in [0.15, 0.2) is 0 Å². The predicted molar refractivity (Wildman–Crippen MR) is 122 cm³/mol. The molecule has 1 heterocycles. The van der Waals surface area contributed by atoms with Gasteiger partial charge in [-0.1, -0.05) is 49.4 Å². The maximum absolute atomic E-state index is 12.9. The number of nitrogens with zero attached hydrogens (tertiary/aromatic N) is 2. The van der Waals surface area contributed by atoms with Gasteiger partial charge in [-0.15, -0.1) is 0 Å². The number of hydrogen-bond acceptors (Lipinski definition) is 5. The molecule has 1 amide bonds. The fourth-order valence-electron chi connectivity index (χ4n) is 3.72. The first kappa shape index (κ1) is 23.2. The van der Waals surface area contributed by atoms with Gasteiger partial charge in [-0.2, -0.15) is 0 Å². The van der Waals surface area contributed by atoms with Crippen LogP contribution in [0.25, 0.3) is 0 Å². The summed E-state index contributed by atoms with van der Waals surface area (Å²) in [5, 5.41) is 2.90. The molecule has 1 aliphatic heterocycles. The van der Waals surface area contributed by atoms with Gasteiger partial charge in [0, 0.05) is 26.2 Å². The molecule has 7 nitrogen and oxygen atoms in total. The molecule has 1 unspecified atom stereocenters. The monoisotopic (exact) mass is 445 g/mol. The van der Waals surface area contributed by atoms with Crippen LogP contribution in [0.5, 0.6) is 0 Å². The number of para-hydroxylation sites is 1. The van der Waals surface area contributed by atoms with Crippen LogP contribution in [-0.2, 0) is 32.6 Å². The summed E-state index contributed by atoms with van der Waals surface area (Å²) in [5.74, 6) is -0.311. The summed E-state index contributed by atoms with van der Waals surface area (Å²) >= 11 is 0. The van der Waals surface area contributed by atoms with Gasteiger partial charge in [0.2, 0.25) is 15.9 Å². The largest absolute Gasteiger partial charge is 0.379 e. The van der Waals surface area contributed by atoms with Crippen molar-refractivity contribution in [1.29, 1.82) is 0 Å². The van der Waals surface area contributed by atoms with Gasteiger partial charge in [0.1, 0.15) is 6.04 Å². The van der Waals surface area contributed by atoms with Crippen molar-refractivity contribution in [3.8, 4) is 0 Å². The normalized spacial score (nSPS) is 15.9. The summed E-state index contributed by atoms with van der Waals surface area (Å²) < 4.78 is 31.5. The molecule has 168 valence electrons. The van der Waals surface area contributed by atoms with Crippen LogP contribution >= 0.6 is 0 Å². The molecule has 0 saturated carbocycles. The van der Waals surface area contributed by atoms with E-state index in [0.29, 0.717) is 18.7 Å². The molecule has 1 aliphatic rings. The van der Waals surface area contributed by atoms with Crippen LogP contribution in [-0.4, -0.2) is 57.8 Å². The van der Waals surface area contributed by atoms with E-state index in [9.17, 15) is 13.2 Å². The zero-order chi connectivity index (χ0) is 22.3. The van der Waals surface area contributed by atoms with Crippen molar-refractivity contribution in [2.75, 3.05) is 36.9 Å². The zero-order valence-electron chi connectivity index (χ0n) is 18.2. The molecule has 0 aromatic heterocycles. The number of hydrogen-bond donors (Lipinski definition) is 1. The third kappa shape index (κ3) is 6.53. The molecule has 2 aromatic carbocycles. The Kier molecular flexibility index (Phi) is 8.06. The second kappa shape index (κ2) is 10.7.